The number of hydrogen-bond donors (Lipinski definition) is 1. The molecule has 0 spiro atoms. The van der Waals surface area contributed by atoms with Gasteiger partial charge < -0.3 is 23.9 Å². The lowest BCUT2D eigenvalue weighted by Gasteiger charge is -2.36. The molecule has 6 aromatic rings. The Labute approximate surface area is 300 Å². The lowest BCUT2D eigenvalue weighted by atomic mass is 9.98. The summed E-state index contributed by atoms with van der Waals surface area (Å²) in [7, 11) is 3.79. The third-order valence-electron chi connectivity index (χ3n) is 10.1. The fraction of sp³-hybridized carbons (Fsp3) is 0.308. The predicted molar refractivity (Wildman–Crippen MR) is 200 cm³/mol. The predicted octanol–water partition coefficient (Wildman–Crippen LogP) is 8.83. The van der Waals surface area contributed by atoms with E-state index < -0.39 is 5.97 Å². The number of aromatic nitrogens is 4. The largest absolute Gasteiger partial charge is 0.494 e. The maximum atomic E-state index is 15.0. The number of rotatable bonds is 8. The van der Waals surface area contributed by atoms with Crippen molar-refractivity contribution in [2.45, 2.75) is 60.0 Å². The number of amides is 1. The normalized spacial score (nSPS) is 14.6. The van der Waals surface area contributed by atoms with E-state index in [1.807, 2.05) is 94.5 Å². The van der Waals surface area contributed by atoms with Gasteiger partial charge in [0.25, 0.3) is 5.91 Å². The van der Waals surface area contributed by atoms with Gasteiger partial charge in [-0.1, -0.05) is 29.3 Å². The van der Waals surface area contributed by atoms with E-state index in [-0.39, 0.29) is 17.5 Å². The van der Waals surface area contributed by atoms with E-state index in [0.29, 0.717) is 42.4 Å². The van der Waals surface area contributed by atoms with Crippen LogP contribution < -0.4 is 9.64 Å². The van der Waals surface area contributed by atoms with E-state index in [4.69, 9.17) is 33.0 Å². The molecule has 1 N–H and O–H groups in total. The number of fused-ring (bicyclic) bond motifs is 4. The summed E-state index contributed by atoms with van der Waals surface area (Å²) < 4.78 is 12.0. The van der Waals surface area contributed by atoms with Crippen molar-refractivity contribution in [3.8, 4) is 16.9 Å². The highest BCUT2D eigenvalue weighted by molar-refractivity contribution is 6.35. The summed E-state index contributed by atoms with van der Waals surface area (Å²) in [6, 6.07) is 12.7. The molecule has 0 saturated heterocycles. The summed E-state index contributed by atoms with van der Waals surface area (Å²) in [6.07, 6.45) is 3.11. The molecule has 0 fully saturated rings. The SMILES string of the molecule is Cc1cc(OCCCc2c3n(c4c(-c5c(C)nn(C)c5C)c(Cl)ccc24)C[C@@H](C)N(c2cc(C(=O)O)cc4c2ccn4C)C3=O)cc(C)c1Cl. The summed E-state index contributed by atoms with van der Waals surface area (Å²) in [5.74, 6) is -0.478. The Balaban J connectivity index is 1.39. The highest BCUT2D eigenvalue weighted by atomic mass is 35.5. The van der Waals surface area contributed by atoms with Gasteiger partial charge in [0, 0.05) is 59.5 Å². The van der Waals surface area contributed by atoms with E-state index >= 15 is 4.79 Å². The van der Waals surface area contributed by atoms with E-state index in [1.54, 1.807) is 17.0 Å². The average Bonchev–Trinajstić information content (AvgIpc) is 3.68. The molecule has 3 aromatic heterocycles. The summed E-state index contributed by atoms with van der Waals surface area (Å²) in [5, 5.41) is 17.8. The van der Waals surface area contributed by atoms with Crippen molar-refractivity contribution in [1.82, 2.24) is 18.9 Å². The Bertz CT molecular complexity index is 2360. The van der Waals surface area contributed by atoms with Crippen molar-refractivity contribution in [2.24, 2.45) is 14.1 Å². The van der Waals surface area contributed by atoms with Crippen molar-refractivity contribution in [1.29, 1.82) is 0 Å². The molecule has 1 amide bonds. The zero-order valence-corrected chi connectivity index (χ0v) is 30.7. The summed E-state index contributed by atoms with van der Waals surface area (Å²) in [6.45, 7) is 10.9. The highest BCUT2D eigenvalue weighted by Gasteiger charge is 2.38. The molecule has 258 valence electrons. The van der Waals surface area contributed by atoms with Crippen molar-refractivity contribution < 1.29 is 19.4 Å². The van der Waals surface area contributed by atoms with Gasteiger partial charge in [-0.2, -0.15) is 5.10 Å². The van der Waals surface area contributed by atoms with Crippen molar-refractivity contribution in [3.05, 3.63) is 98.0 Å². The van der Waals surface area contributed by atoms with Crippen LogP contribution in [0.1, 0.15) is 62.3 Å². The number of halogens is 2. The minimum Gasteiger partial charge on any atom is -0.494 e. The first-order chi connectivity index (χ1) is 23.8. The van der Waals surface area contributed by atoms with E-state index in [1.165, 1.54) is 0 Å². The second-order valence-electron chi connectivity index (χ2n) is 13.4. The number of hydrogen-bond acceptors (Lipinski definition) is 4. The molecule has 0 aliphatic carbocycles. The molecular formula is C39H39Cl2N5O4. The highest BCUT2D eigenvalue weighted by Crippen LogP contribution is 2.44. The third-order valence-corrected chi connectivity index (χ3v) is 11.0. The van der Waals surface area contributed by atoms with E-state index in [0.717, 1.165) is 71.8 Å². The zero-order valence-electron chi connectivity index (χ0n) is 29.2. The van der Waals surface area contributed by atoms with Gasteiger partial charge in [-0.05, 0) is 101 Å². The number of carbonyl (C=O) groups excluding carboxylic acids is 1. The van der Waals surface area contributed by atoms with Gasteiger partial charge in [0.1, 0.15) is 11.4 Å². The minimum atomic E-state index is -1.05. The quantitative estimate of drug-likeness (QED) is 0.159. The van der Waals surface area contributed by atoms with Gasteiger partial charge in [-0.3, -0.25) is 9.48 Å². The van der Waals surface area contributed by atoms with Crippen LogP contribution in [0.5, 0.6) is 5.75 Å². The molecular weight excluding hydrogens is 673 g/mol. The topological polar surface area (TPSA) is 94.5 Å². The molecule has 1 aliphatic rings. The Hall–Kier alpha value is -4.73. The first-order valence-corrected chi connectivity index (χ1v) is 17.4. The van der Waals surface area contributed by atoms with Crippen LogP contribution in [0, 0.1) is 27.7 Å². The Morgan fingerprint density at radius 2 is 1.72 bits per heavy atom. The molecule has 3 aromatic carbocycles. The molecule has 50 heavy (non-hydrogen) atoms. The molecule has 4 heterocycles. The van der Waals surface area contributed by atoms with Crippen LogP contribution in [0.3, 0.4) is 0 Å². The number of carboxylic acid groups (broad SMARTS) is 1. The number of ether oxygens (including phenoxy) is 1. The summed E-state index contributed by atoms with van der Waals surface area (Å²) in [4.78, 5) is 29.1. The third kappa shape index (κ3) is 5.34. The van der Waals surface area contributed by atoms with Crippen LogP contribution in [0.2, 0.25) is 10.0 Å². The second-order valence-corrected chi connectivity index (χ2v) is 14.2. The maximum absolute atomic E-state index is 15.0. The number of carboxylic acids is 1. The average molecular weight is 713 g/mol. The van der Waals surface area contributed by atoms with Crippen LogP contribution in [0.15, 0.2) is 48.7 Å². The lowest BCUT2D eigenvalue weighted by molar-refractivity contribution is 0.0696. The number of benzene rings is 3. The molecule has 9 nitrogen and oxygen atoms in total. The van der Waals surface area contributed by atoms with Crippen molar-refractivity contribution in [3.63, 3.8) is 0 Å². The fourth-order valence-electron chi connectivity index (χ4n) is 7.66. The monoisotopic (exact) mass is 711 g/mol. The van der Waals surface area contributed by atoms with Crippen LogP contribution >= 0.6 is 23.2 Å². The van der Waals surface area contributed by atoms with Crippen LogP contribution in [0.25, 0.3) is 32.9 Å². The van der Waals surface area contributed by atoms with Gasteiger partial charge in [0.2, 0.25) is 0 Å². The number of nitrogens with zero attached hydrogens (tertiary/aromatic N) is 5. The van der Waals surface area contributed by atoms with Crippen molar-refractivity contribution >= 4 is 62.6 Å². The standard InChI is InChI=1S/C39H39Cl2N5O4/c1-20-15-26(16-21(2)35(20)41)50-14-8-9-27-28-10-11-30(40)34(33-23(4)42-44(7)24(33)5)36(28)45-19-22(3)46(38(47)37(27)45)32-18-25(39(48)49)17-31-29(32)12-13-43(31)6/h10-13,15-18,22H,8-9,14,19H2,1-7H3,(H,48,49)/t22-/m1/s1. The molecule has 0 saturated carbocycles. The van der Waals surface area contributed by atoms with Gasteiger partial charge in [-0.15, -0.1) is 0 Å². The first-order valence-electron chi connectivity index (χ1n) is 16.7. The molecule has 1 aliphatic heterocycles. The van der Waals surface area contributed by atoms with E-state index in [9.17, 15) is 9.90 Å². The summed E-state index contributed by atoms with van der Waals surface area (Å²) in [5.41, 5.74) is 9.38. The number of anilines is 1. The molecule has 1 atom stereocenters. The Kier molecular flexibility index (Phi) is 8.47. The summed E-state index contributed by atoms with van der Waals surface area (Å²) >= 11 is 13.4. The first kappa shape index (κ1) is 33.8. The van der Waals surface area contributed by atoms with Gasteiger partial charge in [0.05, 0.1) is 45.6 Å². The van der Waals surface area contributed by atoms with Crippen LogP contribution in [-0.4, -0.2) is 48.5 Å². The molecule has 0 bridgehead atoms. The minimum absolute atomic E-state index is 0.127. The molecule has 7 rings (SSSR count). The van der Waals surface area contributed by atoms with Crippen LogP contribution in [0.4, 0.5) is 5.69 Å². The molecule has 11 heteroatoms. The van der Waals surface area contributed by atoms with Crippen molar-refractivity contribution in [2.75, 3.05) is 11.5 Å². The Morgan fingerprint density at radius 1 is 1.00 bits per heavy atom. The molecule has 0 unspecified atom stereocenters. The van der Waals surface area contributed by atoms with Gasteiger partial charge in [0.15, 0.2) is 0 Å². The second kappa shape index (κ2) is 12.5. The van der Waals surface area contributed by atoms with E-state index in [2.05, 4.69) is 4.57 Å². The Morgan fingerprint density at radius 3 is 2.38 bits per heavy atom. The van der Waals surface area contributed by atoms with Crippen LogP contribution in [-0.2, 0) is 27.1 Å². The zero-order chi connectivity index (χ0) is 35.8. The fourth-order valence-corrected chi connectivity index (χ4v) is 8.01. The van der Waals surface area contributed by atoms with Gasteiger partial charge in [-0.25, -0.2) is 4.79 Å². The number of aromatic carboxylic acids is 1. The molecule has 0 radical (unpaired) electrons. The van der Waals surface area contributed by atoms with Gasteiger partial charge >= 0.3 is 5.97 Å². The number of carbonyl (C=O) groups is 2. The smallest absolute Gasteiger partial charge is 0.335 e. The maximum Gasteiger partial charge on any atom is 0.335 e. The number of aryl methyl sites for hydroxylation is 6. The lowest BCUT2D eigenvalue weighted by Crippen LogP contribution is -2.47.